The number of benzene rings is 2. The summed E-state index contributed by atoms with van der Waals surface area (Å²) >= 11 is 12.0. The van der Waals surface area contributed by atoms with Crippen molar-refractivity contribution < 1.29 is 13.2 Å². The van der Waals surface area contributed by atoms with E-state index < -0.39 is 10.0 Å². The van der Waals surface area contributed by atoms with Crippen molar-refractivity contribution in [1.82, 2.24) is 9.21 Å². The van der Waals surface area contributed by atoms with Crippen molar-refractivity contribution in [2.24, 2.45) is 5.92 Å². The summed E-state index contributed by atoms with van der Waals surface area (Å²) in [5, 5.41) is 0.726. The Morgan fingerprint density at radius 3 is 2.34 bits per heavy atom. The highest BCUT2D eigenvalue weighted by atomic mass is 35.5. The van der Waals surface area contributed by atoms with Gasteiger partial charge in [0.15, 0.2) is 0 Å². The molecule has 2 heterocycles. The molecule has 0 aliphatic carbocycles. The predicted molar refractivity (Wildman–Crippen MR) is 129 cm³/mol. The van der Waals surface area contributed by atoms with Gasteiger partial charge in [0.05, 0.1) is 21.7 Å². The van der Waals surface area contributed by atoms with Crippen molar-refractivity contribution in [1.29, 1.82) is 0 Å². The molecule has 2 fully saturated rings. The zero-order chi connectivity index (χ0) is 22.7. The van der Waals surface area contributed by atoms with Crippen LogP contribution in [0.25, 0.3) is 0 Å². The second-order valence-corrected chi connectivity index (χ2v) is 11.1. The lowest BCUT2D eigenvalue weighted by Crippen LogP contribution is -2.53. The first kappa shape index (κ1) is 23.4. The van der Waals surface area contributed by atoms with Gasteiger partial charge in [0.2, 0.25) is 15.9 Å². The van der Waals surface area contributed by atoms with E-state index in [-0.39, 0.29) is 24.1 Å². The summed E-state index contributed by atoms with van der Waals surface area (Å²) in [6, 6.07) is 15.0. The molecule has 2 aromatic rings. The van der Waals surface area contributed by atoms with Gasteiger partial charge < -0.3 is 9.80 Å². The summed E-state index contributed by atoms with van der Waals surface area (Å²) in [5.41, 5.74) is 1.75. The second kappa shape index (κ2) is 10.00. The molecule has 0 bridgehead atoms. The highest BCUT2D eigenvalue weighted by Crippen LogP contribution is 2.27. The van der Waals surface area contributed by atoms with Gasteiger partial charge in [0.1, 0.15) is 0 Å². The zero-order valence-electron chi connectivity index (χ0n) is 17.8. The van der Waals surface area contributed by atoms with Crippen molar-refractivity contribution in [3.8, 4) is 0 Å². The van der Waals surface area contributed by atoms with Gasteiger partial charge in [0, 0.05) is 45.0 Å². The number of nitrogens with zero attached hydrogens (tertiary/aromatic N) is 3. The first-order chi connectivity index (χ1) is 15.3. The van der Waals surface area contributed by atoms with E-state index in [0.717, 1.165) is 25.2 Å². The number of piperidine rings is 1. The molecule has 2 aromatic carbocycles. The Bertz CT molecular complexity index is 1060. The predicted octanol–water partition coefficient (Wildman–Crippen LogP) is 3.88. The summed E-state index contributed by atoms with van der Waals surface area (Å²) in [6.07, 6.45) is 1.40. The number of carbonyl (C=O) groups is 1. The molecule has 1 atom stereocenters. The SMILES string of the molecule is O=C(C1CCCN(S(=O)(=O)Cc2ccc(Cl)c(Cl)c2)C1)N1CCN(c2ccccc2)CC1. The molecule has 4 rings (SSSR count). The van der Waals surface area contributed by atoms with Gasteiger partial charge in [-0.15, -0.1) is 0 Å². The van der Waals surface area contributed by atoms with Gasteiger partial charge in [-0.05, 0) is 42.7 Å². The number of halogens is 2. The van der Waals surface area contributed by atoms with E-state index in [1.807, 2.05) is 23.1 Å². The van der Waals surface area contributed by atoms with Crippen LogP contribution in [-0.2, 0) is 20.6 Å². The largest absolute Gasteiger partial charge is 0.368 e. The fraction of sp³-hybridized carbons (Fsp3) is 0.435. The fourth-order valence-corrected chi connectivity index (χ4v) is 6.33. The molecule has 1 amide bonds. The Morgan fingerprint density at radius 2 is 1.66 bits per heavy atom. The molecule has 9 heteroatoms. The van der Waals surface area contributed by atoms with Crippen LogP contribution in [0.15, 0.2) is 48.5 Å². The third kappa shape index (κ3) is 5.39. The van der Waals surface area contributed by atoms with E-state index in [2.05, 4.69) is 17.0 Å². The van der Waals surface area contributed by atoms with Crippen LogP contribution in [-0.4, -0.2) is 62.8 Å². The van der Waals surface area contributed by atoms with Crippen molar-refractivity contribution in [2.75, 3.05) is 44.2 Å². The smallest absolute Gasteiger partial charge is 0.227 e. The maximum absolute atomic E-state index is 13.2. The topological polar surface area (TPSA) is 60.9 Å². The van der Waals surface area contributed by atoms with Gasteiger partial charge >= 0.3 is 0 Å². The first-order valence-corrected chi connectivity index (χ1v) is 13.2. The Hall–Kier alpha value is -1.80. The van der Waals surface area contributed by atoms with Crippen LogP contribution >= 0.6 is 23.2 Å². The highest BCUT2D eigenvalue weighted by Gasteiger charge is 2.35. The van der Waals surface area contributed by atoms with Gasteiger partial charge in [-0.1, -0.05) is 47.5 Å². The average molecular weight is 496 g/mol. The molecule has 0 spiro atoms. The van der Waals surface area contributed by atoms with Crippen LogP contribution in [0, 0.1) is 5.92 Å². The Kier molecular flexibility index (Phi) is 7.30. The van der Waals surface area contributed by atoms with E-state index in [1.165, 1.54) is 4.31 Å². The third-order valence-electron chi connectivity index (χ3n) is 6.17. The highest BCUT2D eigenvalue weighted by molar-refractivity contribution is 7.88. The van der Waals surface area contributed by atoms with Crippen LogP contribution in [0.2, 0.25) is 10.0 Å². The van der Waals surface area contributed by atoms with Crippen molar-refractivity contribution >= 4 is 44.8 Å². The molecule has 2 aliphatic rings. The number of hydrogen-bond donors (Lipinski definition) is 0. The van der Waals surface area contributed by atoms with Gasteiger partial charge in [-0.25, -0.2) is 12.7 Å². The minimum Gasteiger partial charge on any atom is -0.368 e. The number of amides is 1. The van der Waals surface area contributed by atoms with Gasteiger partial charge in [-0.3, -0.25) is 4.79 Å². The number of anilines is 1. The maximum Gasteiger partial charge on any atom is 0.227 e. The molecular weight excluding hydrogens is 469 g/mol. The van der Waals surface area contributed by atoms with Gasteiger partial charge in [0.25, 0.3) is 0 Å². The zero-order valence-corrected chi connectivity index (χ0v) is 20.1. The molecule has 0 saturated carbocycles. The van der Waals surface area contributed by atoms with Crippen molar-refractivity contribution in [3.63, 3.8) is 0 Å². The van der Waals surface area contributed by atoms with E-state index >= 15 is 0 Å². The number of piperazine rings is 1. The molecule has 172 valence electrons. The monoisotopic (exact) mass is 495 g/mol. The van der Waals surface area contributed by atoms with E-state index in [9.17, 15) is 13.2 Å². The minimum atomic E-state index is -3.56. The molecule has 1 unspecified atom stereocenters. The normalized spacial score (nSPS) is 20.4. The van der Waals surface area contributed by atoms with Crippen LogP contribution in [0.3, 0.4) is 0 Å². The van der Waals surface area contributed by atoms with Crippen LogP contribution in [0.5, 0.6) is 0 Å². The van der Waals surface area contributed by atoms with Crippen LogP contribution in [0.4, 0.5) is 5.69 Å². The number of hydrogen-bond acceptors (Lipinski definition) is 4. The minimum absolute atomic E-state index is 0.0622. The van der Waals surface area contributed by atoms with Crippen LogP contribution < -0.4 is 4.90 Å². The average Bonchev–Trinajstić information content (AvgIpc) is 2.81. The first-order valence-electron chi connectivity index (χ1n) is 10.8. The molecular formula is C23H27Cl2N3O3S. The van der Waals surface area contributed by atoms with Crippen molar-refractivity contribution in [3.05, 3.63) is 64.1 Å². The number of carbonyl (C=O) groups excluding carboxylic acids is 1. The number of para-hydroxylation sites is 1. The lowest BCUT2D eigenvalue weighted by Gasteiger charge is -2.39. The Labute approximate surface area is 199 Å². The summed E-state index contributed by atoms with van der Waals surface area (Å²) in [4.78, 5) is 17.3. The Balaban J connectivity index is 1.36. The summed E-state index contributed by atoms with van der Waals surface area (Å²) in [6.45, 7) is 3.54. The van der Waals surface area contributed by atoms with Crippen LogP contribution in [0.1, 0.15) is 18.4 Å². The lowest BCUT2D eigenvalue weighted by molar-refractivity contribution is -0.137. The molecule has 32 heavy (non-hydrogen) atoms. The van der Waals surface area contributed by atoms with Gasteiger partial charge in [-0.2, -0.15) is 0 Å². The lowest BCUT2D eigenvalue weighted by atomic mass is 9.97. The van der Waals surface area contributed by atoms with E-state index in [4.69, 9.17) is 23.2 Å². The third-order valence-corrected chi connectivity index (χ3v) is 8.73. The van der Waals surface area contributed by atoms with E-state index in [0.29, 0.717) is 41.7 Å². The molecule has 0 aromatic heterocycles. The summed E-state index contributed by atoms with van der Waals surface area (Å²) in [5.74, 6) is -0.386. The summed E-state index contributed by atoms with van der Waals surface area (Å²) < 4.78 is 27.5. The number of sulfonamides is 1. The second-order valence-electron chi connectivity index (χ2n) is 8.35. The van der Waals surface area contributed by atoms with E-state index in [1.54, 1.807) is 18.2 Å². The Morgan fingerprint density at radius 1 is 0.938 bits per heavy atom. The van der Waals surface area contributed by atoms with Crippen molar-refractivity contribution in [2.45, 2.75) is 18.6 Å². The summed E-state index contributed by atoms with van der Waals surface area (Å²) in [7, 11) is -3.56. The quantitative estimate of drug-likeness (QED) is 0.631. The maximum atomic E-state index is 13.2. The number of rotatable bonds is 5. The molecule has 2 aliphatic heterocycles. The molecule has 0 radical (unpaired) electrons. The standard InChI is InChI=1S/C23H27Cl2N3O3S/c24-21-9-8-18(15-22(21)25)17-32(30,31)28-10-4-5-19(16-28)23(29)27-13-11-26(12-14-27)20-6-2-1-3-7-20/h1-3,6-9,15,19H,4-5,10-14,16-17H2. The molecule has 0 N–H and O–H groups in total. The molecule has 2 saturated heterocycles. The molecule has 6 nitrogen and oxygen atoms in total. The fourth-order valence-electron chi connectivity index (χ4n) is 4.41.